The van der Waals surface area contributed by atoms with Crippen molar-refractivity contribution in [2.24, 2.45) is 0 Å². The molecule has 1 heterocycles. The van der Waals surface area contributed by atoms with Gasteiger partial charge in [-0.15, -0.1) is 10.2 Å². The second-order valence-electron chi connectivity index (χ2n) is 2.93. The van der Waals surface area contributed by atoms with E-state index in [4.69, 9.17) is 0 Å². The van der Waals surface area contributed by atoms with Gasteiger partial charge < -0.3 is 0 Å². The van der Waals surface area contributed by atoms with E-state index in [0.29, 0.717) is 5.82 Å². The Morgan fingerprint density at radius 3 is 2.23 bits per heavy atom. The highest BCUT2D eigenvalue weighted by Crippen LogP contribution is 2.16. The molecule has 0 saturated heterocycles. The Morgan fingerprint density at radius 1 is 1.38 bits per heavy atom. The lowest BCUT2D eigenvalue weighted by Crippen LogP contribution is -2.10. The molecule has 0 aliphatic carbocycles. The van der Waals surface area contributed by atoms with Crippen LogP contribution in [0.1, 0.15) is 25.7 Å². The molecule has 0 aliphatic rings. The summed E-state index contributed by atoms with van der Waals surface area (Å²) in [4.78, 5) is 0. The Kier molecular flexibility index (Phi) is 2.38. The van der Waals surface area contributed by atoms with E-state index in [-0.39, 0.29) is 6.04 Å². The normalized spacial score (nSPS) is 12.4. The van der Waals surface area contributed by atoms with Crippen molar-refractivity contribution < 1.29 is 12.3 Å². The largest absolute Gasteiger partial charge is 0.368 e. The first kappa shape index (κ1) is 10.1. The van der Waals surface area contributed by atoms with Crippen LogP contribution in [0.4, 0.5) is 3.89 Å². The topological polar surface area (TPSA) is 64.8 Å². The maximum Gasteiger partial charge on any atom is 0.368 e. The lowest BCUT2D eigenvalue weighted by atomic mass is 10.4. The first-order valence-corrected chi connectivity index (χ1v) is 5.08. The summed E-state index contributed by atoms with van der Waals surface area (Å²) in [5.74, 6) is 0.381. The predicted molar refractivity (Wildman–Crippen MR) is 43.4 cm³/mol. The molecule has 0 amide bonds. The fourth-order valence-corrected chi connectivity index (χ4v) is 1.83. The van der Waals surface area contributed by atoms with Crippen LogP contribution >= 0.6 is 0 Å². The van der Waals surface area contributed by atoms with Gasteiger partial charge in [0.2, 0.25) is 0 Å². The summed E-state index contributed by atoms with van der Waals surface area (Å²) >= 11 is 0. The molecular formula is C6H10FN3O2S. The van der Waals surface area contributed by atoms with Crippen LogP contribution < -0.4 is 0 Å². The molecule has 0 bridgehead atoms. The van der Waals surface area contributed by atoms with Crippen LogP contribution in [0, 0.1) is 6.92 Å². The van der Waals surface area contributed by atoms with Gasteiger partial charge in [-0.1, -0.05) is 3.89 Å². The monoisotopic (exact) mass is 207 g/mol. The van der Waals surface area contributed by atoms with Gasteiger partial charge in [0.1, 0.15) is 5.82 Å². The molecular weight excluding hydrogens is 197 g/mol. The summed E-state index contributed by atoms with van der Waals surface area (Å²) in [6.45, 7) is 5.03. The third-order valence-electron chi connectivity index (χ3n) is 1.57. The minimum atomic E-state index is -4.77. The van der Waals surface area contributed by atoms with Crippen molar-refractivity contribution in [1.82, 2.24) is 14.8 Å². The second-order valence-corrected chi connectivity index (χ2v) is 4.17. The summed E-state index contributed by atoms with van der Waals surface area (Å²) in [6, 6.07) is -0.185. The van der Waals surface area contributed by atoms with Crippen molar-refractivity contribution in [3.8, 4) is 0 Å². The van der Waals surface area contributed by atoms with Crippen molar-refractivity contribution in [3.05, 3.63) is 5.82 Å². The molecule has 1 rings (SSSR count). The van der Waals surface area contributed by atoms with Crippen LogP contribution in [0.2, 0.25) is 0 Å². The smallest absolute Gasteiger partial charge is 0.297 e. The highest BCUT2D eigenvalue weighted by Gasteiger charge is 2.23. The first-order valence-electron chi connectivity index (χ1n) is 3.70. The molecule has 0 fully saturated rings. The predicted octanol–water partition coefficient (Wildman–Crippen LogP) is 0.826. The third-order valence-corrected chi connectivity index (χ3v) is 2.28. The maximum atomic E-state index is 12.6. The molecule has 0 atom stereocenters. The Balaban J connectivity index is 3.40. The molecule has 1 aromatic rings. The van der Waals surface area contributed by atoms with E-state index >= 15 is 0 Å². The van der Waals surface area contributed by atoms with Crippen molar-refractivity contribution in [2.75, 3.05) is 0 Å². The lowest BCUT2D eigenvalue weighted by molar-refractivity contribution is 0.490. The molecule has 0 saturated carbocycles. The van der Waals surface area contributed by atoms with Gasteiger partial charge >= 0.3 is 10.2 Å². The van der Waals surface area contributed by atoms with E-state index in [2.05, 4.69) is 10.2 Å². The van der Waals surface area contributed by atoms with Crippen molar-refractivity contribution in [3.63, 3.8) is 0 Å². The molecule has 0 radical (unpaired) electrons. The number of rotatable bonds is 2. The zero-order chi connectivity index (χ0) is 10.2. The van der Waals surface area contributed by atoms with Crippen molar-refractivity contribution in [1.29, 1.82) is 0 Å². The van der Waals surface area contributed by atoms with Gasteiger partial charge in [-0.3, -0.25) is 4.57 Å². The van der Waals surface area contributed by atoms with Crippen LogP contribution in [0.3, 0.4) is 0 Å². The number of nitrogens with zero attached hydrogens (tertiary/aromatic N) is 3. The lowest BCUT2D eigenvalue weighted by Gasteiger charge is -2.09. The van der Waals surface area contributed by atoms with Gasteiger partial charge in [0.25, 0.3) is 5.16 Å². The van der Waals surface area contributed by atoms with Gasteiger partial charge in [0, 0.05) is 6.04 Å². The van der Waals surface area contributed by atoms with Crippen LogP contribution in [0.5, 0.6) is 0 Å². The molecule has 0 unspecified atom stereocenters. The number of hydrogen-bond acceptors (Lipinski definition) is 4. The molecule has 13 heavy (non-hydrogen) atoms. The van der Waals surface area contributed by atoms with Crippen molar-refractivity contribution >= 4 is 10.2 Å². The average molecular weight is 207 g/mol. The van der Waals surface area contributed by atoms with Gasteiger partial charge in [0.05, 0.1) is 0 Å². The zero-order valence-corrected chi connectivity index (χ0v) is 8.34. The van der Waals surface area contributed by atoms with E-state index < -0.39 is 15.4 Å². The molecule has 0 aromatic carbocycles. The second kappa shape index (κ2) is 3.06. The summed E-state index contributed by atoms with van der Waals surface area (Å²) in [7, 11) is -4.77. The maximum absolute atomic E-state index is 12.6. The van der Waals surface area contributed by atoms with E-state index in [1.54, 1.807) is 20.8 Å². The van der Waals surface area contributed by atoms with Gasteiger partial charge in [0.15, 0.2) is 0 Å². The SMILES string of the molecule is Cc1nnc(S(=O)(=O)F)n1C(C)C. The summed E-state index contributed by atoms with van der Waals surface area (Å²) in [5, 5.41) is 6.13. The van der Waals surface area contributed by atoms with Gasteiger partial charge in [-0.25, -0.2) is 0 Å². The zero-order valence-electron chi connectivity index (χ0n) is 7.52. The molecule has 7 heteroatoms. The Labute approximate surface area is 75.8 Å². The molecule has 5 nitrogen and oxygen atoms in total. The number of aromatic nitrogens is 3. The van der Waals surface area contributed by atoms with Crippen LogP contribution in [0.15, 0.2) is 5.16 Å². The molecule has 1 aromatic heterocycles. The fraction of sp³-hybridized carbons (Fsp3) is 0.667. The average Bonchev–Trinajstić information content (AvgIpc) is 2.28. The third kappa shape index (κ3) is 1.85. The quantitative estimate of drug-likeness (QED) is 0.673. The Hall–Kier alpha value is -0.980. The van der Waals surface area contributed by atoms with Crippen LogP contribution in [0.25, 0.3) is 0 Å². The standard InChI is InChI=1S/C6H10FN3O2S/c1-4(2)10-5(3)8-9-6(10)13(7,11)12/h4H,1-3H3. The molecule has 74 valence electrons. The highest BCUT2D eigenvalue weighted by atomic mass is 32.3. The summed E-state index contributed by atoms with van der Waals surface area (Å²) in [5.41, 5.74) is 0. The fourth-order valence-electron chi connectivity index (χ4n) is 1.11. The molecule has 0 N–H and O–H groups in total. The summed E-state index contributed by atoms with van der Waals surface area (Å²) < 4.78 is 35.0. The number of hydrogen-bond donors (Lipinski definition) is 0. The van der Waals surface area contributed by atoms with Gasteiger partial charge in [-0.2, -0.15) is 8.42 Å². The van der Waals surface area contributed by atoms with Gasteiger partial charge in [-0.05, 0) is 20.8 Å². The van der Waals surface area contributed by atoms with E-state index in [1.807, 2.05) is 0 Å². The highest BCUT2D eigenvalue weighted by molar-refractivity contribution is 7.86. The Morgan fingerprint density at radius 2 is 1.92 bits per heavy atom. The Bertz CT molecular complexity index is 410. The van der Waals surface area contributed by atoms with Crippen LogP contribution in [-0.2, 0) is 10.2 Å². The number of aryl methyl sites for hydroxylation is 1. The van der Waals surface area contributed by atoms with E-state index in [9.17, 15) is 12.3 Å². The van der Waals surface area contributed by atoms with E-state index in [1.165, 1.54) is 4.57 Å². The summed E-state index contributed by atoms with van der Waals surface area (Å²) in [6.07, 6.45) is 0. The molecule has 0 spiro atoms. The number of halogens is 1. The molecule has 0 aliphatic heterocycles. The van der Waals surface area contributed by atoms with E-state index in [0.717, 1.165) is 0 Å². The van der Waals surface area contributed by atoms with Crippen LogP contribution in [-0.4, -0.2) is 23.2 Å². The minimum Gasteiger partial charge on any atom is -0.297 e. The minimum absolute atomic E-state index is 0.185. The van der Waals surface area contributed by atoms with Crippen molar-refractivity contribution in [2.45, 2.75) is 32.0 Å². The first-order chi connectivity index (χ1) is 5.84.